The van der Waals surface area contributed by atoms with Crippen molar-refractivity contribution >= 4 is 5.91 Å². The van der Waals surface area contributed by atoms with Gasteiger partial charge in [-0.15, -0.1) is 0 Å². The lowest BCUT2D eigenvalue weighted by molar-refractivity contribution is -0.125. The average molecular weight is 228 g/mol. The van der Waals surface area contributed by atoms with Crippen molar-refractivity contribution in [1.82, 2.24) is 5.32 Å². The second kappa shape index (κ2) is 7.66. The average Bonchev–Trinajstić information content (AvgIpc) is 2.14. The van der Waals surface area contributed by atoms with Gasteiger partial charge in [0.15, 0.2) is 0 Å². The highest BCUT2D eigenvalue weighted by atomic mass is 16.2. The molecule has 1 amide bonds. The molecule has 0 aliphatic carbocycles. The highest BCUT2D eigenvalue weighted by Crippen LogP contribution is 2.09. The molecule has 0 unspecified atom stereocenters. The van der Waals surface area contributed by atoms with E-state index in [1.807, 2.05) is 0 Å². The van der Waals surface area contributed by atoms with Gasteiger partial charge in [-0.1, -0.05) is 39.5 Å². The second-order valence-electron chi connectivity index (χ2n) is 5.57. The summed E-state index contributed by atoms with van der Waals surface area (Å²) in [7, 11) is 0. The maximum absolute atomic E-state index is 11.4. The van der Waals surface area contributed by atoms with Crippen molar-refractivity contribution in [3.05, 3.63) is 0 Å². The molecular formula is C13H28N2O. The molecule has 3 heteroatoms. The van der Waals surface area contributed by atoms with Gasteiger partial charge in [0.1, 0.15) is 0 Å². The second-order valence-corrected chi connectivity index (χ2v) is 5.57. The summed E-state index contributed by atoms with van der Waals surface area (Å²) in [6.07, 6.45) is 6.12. The van der Waals surface area contributed by atoms with Crippen molar-refractivity contribution < 1.29 is 4.79 Å². The van der Waals surface area contributed by atoms with Gasteiger partial charge in [-0.05, 0) is 26.2 Å². The molecular weight excluding hydrogens is 200 g/mol. The Morgan fingerprint density at radius 1 is 1.19 bits per heavy atom. The molecule has 3 nitrogen and oxygen atoms in total. The van der Waals surface area contributed by atoms with Crippen molar-refractivity contribution in [2.75, 3.05) is 6.54 Å². The van der Waals surface area contributed by atoms with Gasteiger partial charge in [-0.25, -0.2) is 0 Å². The summed E-state index contributed by atoms with van der Waals surface area (Å²) in [5, 5.41) is 2.86. The number of unbranched alkanes of at least 4 members (excludes halogenated alkanes) is 3. The standard InChI is InChI=1S/C13H28N2O/c1-11(2)9-7-5-6-8-10-15-12(16)13(3,4)14/h11H,5-10,14H2,1-4H3,(H,15,16). The van der Waals surface area contributed by atoms with Crippen molar-refractivity contribution in [3.8, 4) is 0 Å². The molecule has 0 aromatic carbocycles. The summed E-state index contributed by atoms with van der Waals surface area (Å²) < 4.78 is 0. The van der Waals surface area contributed by atoms with E-state index < -0.39 is 5.54 Å². The lowest BCUT2D eigenvalue weighted by Gasteiger charge is -2.17. The number of hydrogen-bond acceptors (Lipinski definition) is 2. The number of carbonyl (C=O) groups excluding carboxylic acids is 1. The molecule has 0 aliphatic rings. The van der Waals surface area contributed by atoms with E-state index >= 15 is 0 Å². The van der Waals surface area contributed by atoms with Crippen molar-refractivity contribution in [2.45, 2.75) is 65.3 Å². The van der Waals surface area contributed by atoms with Crippen LogP contribution in [-0.2, 0) is 4.79 Å². The van der Waals surface area contributed by atoms with E-state index in [2.05, 4.69) is 19.2 Å². The minimum atomic E-state index is -0.752. The monoisotopic (exact) mass is 228 g/mol. The number of carbonyl (C=O) groups is 1. The fraction of sp³-hybridized carbons (Fsp3) is 0.923. The zero-order valence-corrected chi connectivity index (χ0v) is 11.3. The minimum absolute atomic E-state index is 0.0605. The normalized spacial score (nSPS) is 11.9. The summed E-state index contributed by atoms with van der Waals surface area (Å²) in [6, 6.07) is 0. The molecule has 0 rings (SSSR count). The third-order valence-electron chi connectivity index (χ3n) is 2.58. The van der Waals surface area contributed by atoms with Crippen LogP contribution in [0.4, 0.5) is 0 Å². The molecule has 0 atom stereocenters. The Kier molecular flexibility index (Phi) is 7.39. The van der Waals surface area contributed by atoms with E-state index in [9.17, 15) is 4.79 Å². The molecule has 96 valence electrons. The van der Waals surface area contributed by atoms with E-state index in [0.717, 1.165) is 18.9 Å². The van der Waals surface area contributed by atoms with Crippen LogP contribution < -0.4 is 11.1 Å². The summed E-state index contributed by atoms with van der Waals surface area (Å²) >= 11 is 0. The first-order chi connectivity index (χ1) is 7.34. The van der Waals surface area contributed by atoms with Gasteiger partial charge in [0.2, 0.25) is 5.91 Å². The van der Waals surface area contributed by atoms with Crippen LogP contribution in [0.1, 0.15) is 59.8 Å². The fourth-order valence-corrected chi connectivity index (χ4v) is 1.46. The zero-order valence-electron chi connectivity index (χ0n) is 11.3. The topological polar surface area (TPSA) is 55.1 Å². The largest absolute Gasteiger partial charge is 0.355 e. The fourth-order valence-electron chi connectivity index (χ4n) is 1.46. The van der Waals surface area contributed by atoms with Crippen LogP contribution in [0.2, 0.25) is 0 Å². The van der Waals surface area contributed by atoms with Crippen LogP contribution in [0.15, 0.2) is 0 Å². The highest BCUT2D eigenvalue weighted by molar-refractivity contribution is 5.84. The molecule has 16 heavy (non-hydrogen) atoms. The lowest BCUT2D eigenvalue weighted by Crippen LogP contribution is -2.49. The third kappa shape index (κ3) is 8.72. The quantitative estimate of drug-likeness (QED) is 0.627. The van der Waals surface area contributed by atoms with Crippen LogP contribution in [0.3, 0.4) is 0 Å². The predicted molar refractivity (Wildman–Crippen MR) is 69.2 cm³/mol. The van der Waals surface area contributed by atoms with Crippen LogP contribution in [0, 0.1) is 5.92 Å². The molecule has 0 heterocycles. The number of rotatable bonds is 8. The van der Waals surface area contributed by atoms with Gasteiger partial charge < -0.3 is 11.1 Å². The van der Waals surface area contributed by atoms with Crippen molar-refractivity contribution in [2.24, 2.45) is 11.7 Å². The van der Waals surface area contributed by atoms with E-state index in [-0.39, 0.29) is 5.91 Å². The number of amides is 1. The van der Waals surface area contributed by atoms with E-state index in [4.69, 9.17) is 5.73 Å². The van der Waals surface area contributed by atoms with E-state index in [1.54, 1.807) is 13.8 Å². The molecule has 0 aliphatic heterocycles. The number of hydrogen-bond donors (Lipinski definition) is 2. The Morgan fingerprint density at radius 2 is 1.75 bits per heavy atom. The Hall–Kier alpha value is -0.570. The molecule has 0 saturated heterocycles. The van der Waals surface area contributed by atoms with Gasteiger partial charge in [0, 0.05) is 6.54 Å². The summed E-state index contributed by atoms with van der Waals surface area (Å²) in [5.74, 6) is 0.743. The smallest absolute Gasteiger partial charge is 0.239 e. The van der Waals surface area contributed by atoms with Crippen molar-refractivity contribution in [3.63, 3.8) is 0 Å². The Balaban J connectivity index is 3.31. The first kappa shape index (κ1) is 15.4. The van der Waals surface area contributed by atoms with Gasteiger partial charge in [0.05, 0.1) is 5.54 Å². The van der Waals surface area contributed by atoms with Crippen LogP contribution in [-0.4, -0.2) is 18.0 Å². The molecule has 0 fully saturated rings. The first-order valence-corrected chi connectivity index (χ1v) is 6.41. The molecule has 0 aromatic rings. The SMILES string of the molecule is CC(C)CCCCCCNC(=O)C(C)(C)N. The number of nitrogens with one attached hydrogen (secondary N) is 1. The molecule has 0 saturated carbocycles. The third-order valence-corrected chi connectivity index (χ3v) is 2.58. The van der Waals surface area contributed by atoms with E-state index in [1.165, 1.54) is 25.7 Å². The molecule has 0 aromatic heterocycles. The summed E-state index contributed by atoms with van der Waals surface area (Å²) in [4.78, 5) is 11.4. The van der Waals surface area contributed by atoms with Crippen LogP contribution in [0.5, 0.6) is 0 Å². The van der Waals surface area contributed by atoms with Crippen LogP contribution >= 0.6 is 0 Å². The summed E-state index contributed by atoms with van der Waals surface area (Å²) in [6.45, 7) is 8.71. The maximum Gasteiger partial charge on any atom is 0.239 e. The molecule has 0 radical (unpaired) electrons. The Morgan fingerprint density at radius 3 is 2.25 bits per heavy atom. The summed E-state index contributed by atoms with van der Waals surface area (Å²) in [5.41, 5.74) is 4.91. The Bertz CT molecular complexity index is 195. The first-order valence-electron chi connectivity index (χ1n) is 6.41. The Labute approximate surface area is 100 Å². The van der Waals surface area contributed by atoms with Crippen molar-refractivity contribution in [1.29, 1.82) is 0 Å². The molecule has 0 bridgehead atoms. The minimum Gasteiger partial charge on any atom is -0.355 e. The molecule has 0 spiro atoms. The number of nitrogens with two attached hydrogens (primary N) is 1. The molecule has 3 N–H and O–H groups in total. The highest BCUT2D eigenvalue weighted by Gasteiger charge is 2.20. The predicted octanol–water partition coefficient (Wildman–Crippen LogP) is 2.45. The van der Waals surface area contributed by atoms with Gasteiger partial charge in [-0.3, -0.25) is 4.79 Å². The zero-order chi connectivity index (χ0) is 12.6. The maximum atomic E-state index is 11.4. The van der Waals surface area contributed by atoms with Gasteiger partial charge >= 0.3 is 0 Å². The van der Waals surface area contributed by atoms with Gasteiger partial charge in [-0.2, -0.15) is 0 Å². The lowest BCUT2D eigenvalue weighted by atomic mass is 10.0. The van der Waals surface area contributed by atoms with Gasteiger partial charge in [0.25, 0.3) is 0 Å². The van der Waals surface area contributed by atoms with E-state index in [0.29, 0.717) is 0 Å². The van der Waals surface area contributed by atoms with Crippen LogP contribution in [0.25, 0.3) is 0 Å².